The molecule has 174 valence electrons. The highest BCUT2D eigenvalue weighted by atomic mass is 32.1. The van der Waals surface area contributed by atoms with Crippen molar-refractivity contribution in [2.45, 2.75) is 53.5 Å². The van der Waals surface area contributed by atoms with E-state index in [1.54, 1.807) is 16.2 Å². The molecule has 3 rings (SSSR count). The molecular weight excluding hydrogens is 420 g/mol. The molecule has 0 spiro atoms. The van der Waals surface area contributed by atoms with Gasteiger partial charge in [-0.05, 0) is 54.3 Å². The van der Waals surface area contributed by atoms with Crippen molar-refractivity contribution in [3.63, 3.8) is 0 Å². The van der Waals surface area contributed by atoms with Crippen molar-refractivity contribution in [3.8, 4) is 5.75 Å². The molecule has 0 bridgehead atoms. The fourth-order valence-corrected chi connectivity index (χ4v) is 5.04. The summed E-state index contributed by atoms with van der Waals surface area (Å²) in [6, 6.07) is 9.96. The summed E-state index contributed by atoms with van der Waals surface area (Å²) in [6.07, 6.45) is 1.32. The van der Waals surface area contributed by atoms with Gasteiger partial charge in [-0.2, -0.15) is 0 Å². The van der Waals surface area contributed by atoms with Crippen LogP contribution in [0.2, 0.25) is 0 Å². The van der Waals surface area contributed by atoms with Crippen molar-refractivity contribution >= 4 is 23.2 Å². The molecule has 32 heavy (non-hydrogen) atoms. The monoisotopic (exact) mass is 456 g/mol. The minimum atomic E-state index is -0.139. The maximum Gasteiger partial charge on any atom is 0.242 e. The van der Waals surface area contributed by atoms with E-state index >= 15 is 0 Å². The van der Waals surface area contributed by atoms with Crippen LogP contribution in [-0.2, 0) is 16.0 Å². The number of hydrogen-bond acceptors (Lipinski definition) is 4. The largest absolute Gasteiger partial charge is 0.491 e. The zero-order valence-corrected chi connectivity index (χ0v) is 20.8. The summed E-state index contributed by atoms with van der Waals surface area (Å²) in [5, 5.41) is 2.09. The SMILES string of the molecule is Cc1ccc(OC[C@@H]2c3ccsc3CCN2C(=O)CN(CC(C)C)C(=O)CC(C)C)cc1. The number of nitrogens with zero attached hydrogens (tertiary/aromatic N) is 2. The van der Waals surface area contributed by atoms with E-state index in [0.29, 0.717) is 32.0 Å². The summed E-state index contributed by atoms with van der Waals surface area (Å²) in [7, 11) is 0. The van der Waals surface area contributed by atoms with Crippen molar-refractivity contribution in [1.29, 1.82) is 0 Å². The second-order valence-electron chi connectivity index (χ2n) is 9.54. The van der Waals surface area contributed by atoms with Crippen LogP contribution in [0.4, 0.5) is 0 Å². The number of thiophene rings is 1. The van der Waals surface area contributed by atoms with E-state index in [9.17, 15) is 9.59 Å². The topological polar surface area (TPSA) is 49.9 Å². The standard InChI is InChI=1S/C26H36N2O3S/c1-18(2)14-25(29)27(15-19(3)4)16-26(30)28-12-10-24-22(11-13-32-24)23(28)17-31-21-8-6-20(5)7-9-21/h6-9,11,13,18-19,23H,10,12,14-17H2,1-5H3/t23-/m1/s1. The van der Waals surface area contributed by atoms with Gasteiger partial charge in [-0.15, -0.1) is 11.3 Å². The highest BCUT2D eigenvalue weighted by molar-refractivity contribution is 7.10. The summed E-state index contributed by atoms with van der Waals surface area (Å²) in [5.41, 5.74) is 2.36. The van der Waals surface area contributed by atoms with Gasteiger partial charge in [0.25, 0.3) is 0 Å². The Balaban J connectivity index is 1.75. The van der Waals surface area contributed by atoms with E-state index in [1.165, 1.54) is 16.0 Å². The lowest BCUT2D eigenvalue weighted by atomic mass is 10.00. The van der Waals surface area contributed by atoms with Crippen molar-refractivity contribution in [2.24, 2.45) is 11.8 Å². The summed E-state index contributed by atoms with van der Waals surface area (Å²) in [6.45, 7) is 12.1. The third-order valence-electron chi connectivity index (χ3n) is 5.69. The second kappa shape index (κ2) is 11.0. The minimum absolute atomic E-state index is 0.00267. The van der Waals surface area contributed by atoms with Crippen molar-refractivity contribution in [3.05, 3.63) is 51.7 Å². The van der Waals surface area contributed by atoms with Crippen LogP contribution in [0.1, 0.15) is 56.2 Å². The summed E-state index contributed by atoms with van der Waals surface area (Å²) >= 11 is 1.74. The molecule has 1 aliphatic rings. The first-order valence-corrected chi connectivity index (χ1v) is 12.5. The van der Waals surface area contributed by atoms with E-state index in [1.807, 2.05) is 49.9 Å². The summed E-state index contributed by atoms with van der Waals surface area (Å²) in [5.74, 6) is 1.44. The van der Waals surface area contributed by atoms with Crippen LogP contribution in [0, 0.1) is 18.8 Å². The van der Waals surface area contributed by atoms with Crippen LogP contribution in [0.25, 0.3) is 0 Å². The molecule has 0 N–H and O–H groups in total. The lowest BCUT2D eigenvalue weighted by molar-refractivity contribution is -0.143. The molecule has 2 heterocycles. The molecule has 0 saturated carbocycles. The van der Waals surface area contributed by atoms with Gasteiger partial charge in [0.15, 0.2) is 0 Å². The maximum atomic E-state index is 13.5. The van der Waals surface area contributed by atoms with Gasteiger partial charge >= 0.3 is 0 Å². The Labute approximate surface area is 196 Å². The van der Waals surface area contributed by atoms with Crippen molar-refractivity contribution in [2.75, 3.05) is 26.2 Å². The van der Waals surface area contributed by atoms with Crippen LogP contribution in [-0.4, -0.2) is 47.9 Å². The molecule has 0 unspecified atom stereocenters. The van der Waals surface area contributed by atoms with Gasteiger partial charge in [-0.25, -0.2) is 0 Å². The molecule has 1 atom stereocenters. The first-order valence-electron chi connectivity index (χ1n) is 11.6. The Morgan fingerprint density at radius 3 is 2.50 bits per heavy atom. The molecule has 0 aliphatic carbocycles. The van der Waals surface area contributed by atoms with Gasteiger partial charge in [0, 0.05) is 24.4 Å². The molecule has 2 amide bonds. The molecule has 0 radical (unpaired) electrons. The Morgan fingerprint density at radius 2 is 1.84 bits per heavy atom. The minimum Gasteiger partial charge on any atom is -0.491 e. The van der Waals surface area contributed by atoms with Crippen molar-refractivity contribution < 1.29 is 14.3 Å². The lowest BCUT2D eigenvalue weighted by Crippen LogP contribution is -2.48. The zero-order chi connectivity index (χ0) is 23.3. The first kappa shape index (κ1) is 24.3. The fourth-order valence-electron chi connectivity index (χ4n) is 4.11. The molecule has 6 heteroatoms. The number of fused-ring (bicyclic) bond motifs is 1. The van der Waals surface area contributed by atoms with Gasteiger partial charge in [-0.3, -0.25) is 9.59 Å². The quantitative estimate of drug-likeness (QED) is 0.528. The van der Waals surface area contributed by atoms with Crippen LogP contribution in [0.3, 0.4) is 0 Å². The zero-order valence-electron chi connectivity index (χ0n) is 20.0. The maximum absolute atomic E-state index is 13.5. The molecule has 0 fully saturated rings. The van der Waals surface area contributed by atoms with Crippen LogP contribution in [0.5, 0.6) is 5.75 Å². The first-order chi connectivity index (χ1) is 15.2. The van der Waals surface area contributed by atoms with Crippen LogP contribution in [0.15, 0.2) is 35.7 Å². The number of carbonyl (C=O) groups excluding carboxylic acids is 2. The number of amides is 2. The molecule has 0 saturated heterocycles. The molecule has 1 aromatic carbocycles. The highest BCUT2D eigenvalue weighted by Crippen LogP contribution is 2.34. The Hall–Kier alpha value is -2.34. The fraction of sp³-hybridized carbons (Fsp3) is 0.538. The summed E-state index contributed by atoms with van der Waals surface area (Å²) in [4.78, 5) is 31.3. The van der Waals surface area contributed by atoms with E-state index in [-0.39, 0.29) is 30.3 Å². The molecule has 1 aliphatic heterocycles. The number of rotatable bonds is 9. The van der Waals surface area contributed by atoms with Gasteiger partial charge in [0.2, 0.25) is 11.8 Å². The number of benzene rings is 1. The predicted octanol–water partition coefficient (Wildman–Crippen LogP) is 5.09. The molecule has 1 aromatic heterocycles. The van der Waals surface area contributed by atoms with E-state index in [2.05, 4.69) is 25.3 Å². The smallest absolute Gasteiger partial charge is 0.242 e. The lowest BCUT2D eigenvalue weighted by Gasteiger charge is -2.37. The average molecular weight is 457 g/mol. The molecular formula is C26H36N2O3S. The number of hydrogen-bond donors (Lipinski definition) is 0. The van der Waals surface area contributed by atoms with Gasteiger partial charge in [0.05, 0.1) is 12.6 Å². The summed E-state index contributed by atoms with van der Waals surface area (Å²) < 4.78 is 6.11. The Morgan fingerprint density at radius 1 is 1.12 bits per heavy atom. The van der Waals surface area contributed by atoms with Crippen LogP contribution >= 0.6 is 11.3 Å². The Bertz CT molecular complexity index is 904. The Kier molecular flexibility index (Phi) is 8.35. The molecule has 5 nitrogen and oxygen atoms in total. The van der Waals surface area contributed by atoms with E-state index in [0.717, 1.165) is 12.2 Å². The number of ether oxygens (including phenoxy) is 1. The average Bonchev–Trinajstić information content (AvgIpc) is 3.20. The molecule has 2 aromatic rings. The van der Waals surface area contributed by atoms with E-state index in [4.69, 9.17) is 4.74 Å². The number of carbonyl (C=O) groups is 2. The highest BCUT2D eigenvalue weighted by Gasteiger charge is 2.33. The predicted molar refractivity (Wildman–Crippen MR) is 130 cm³/mol. The second-order valence-corrected chi connectivity index (χ2v) is 10.5. The van der Waals surface area contributed by atoms with Gasteiger partial charge in [-0.1, -0.05) is 45.4 Å². The normalized spacial score (nSPS) is 15.7. The van der Waals surface area contributed by atoms with Crippen LogP contribution < -0.4 is 4.74 Å². The van der Waals surface area contributed by atoms with Gasteiger partial charge < -0.3 is 14.5 Å². The van der Waals surface area contributed by atoms with Gasteiger partial charge in [0.1, 0.15) is 12.4 Å². The van der Waals surface area contributed by atoms with E-state index < -0.39 is 0 Å². The third kappa shape index (κ3) is 6.35. The third-order valence-corrected chi connectivity index (χ3v) is 6.69. The number of aryl methyl sites for hydroxylation is 1. The van der Waals surface area contributed by atoms with Crippen molar-refractivity contribution in [1.82, 2.24) is 9.80 Å².